The number of nitrogens with one attached hydrogen (secondary N) is 1. The fourth-order valence-corrected chi connectivity index (χ4v) is 2.95. The van der Waals surface area contributed by atoms with Crippen LogP contribution >= 0.6 is 15.9 Å². The Morgan fingerprint density at radius 2 is 1.73 bits per heavy atom. The summed E-state index contributed by atoms with van der Waals surface area (Å²) in [6.07, 6.45) is 5.25. The smallest absolute Gasteiger partial charge is 0.253 e. The number of anilines is 1. The Labute approximate surface area is 138 Å². The number of benzene rings is 1. The van der Waals surface area contributed by atoms with Crippen molar-refractivity contribution in [1.82, 2.24) is 9.88 Å². The lowest BCUT2D eigenvalue weighted by Crippen LogP contribution is -2.42. The summed E-state index contributed by atoms with van der Waals surface area (Å²) in [4.78, 5) is 18.3. The number of carbonyl (C=O) groups is 1. The minimum Gasteiger partial charge on any atom is -0.382 e. The van der Waals surface area contributed by atoms with Crippen LogP contribution in [0.25, 0.3) is 0 Å². The van der Waals surface area contributed by atoms with E-state index in [0.29, 0.717) is 11.6 Å². The molecule has 1 amide bonds. The van der Waals surface area contributed by atoms with Gasteiger partial charge in [-0.1, -0.05) is 15.9 Å². The number of piperidine rings is 1. The molecular formula is C17H18BrN3O. The molecule has 2 aromatic rings. The average Bonchev–Trinajstić information content (AvgIpc) is 2.58. The topological polar surface area (TPSA) is 45.2 Å². The predicted molar refractivity (Wildman–Crippen MR) is 90.9 cm³/mol. The van der Waals surface area contributed by atoms with Gasteiger partial charge in [0.2, 0.25) is 0 Å². The van der Waals surface area contributed by atoms with E-state index < -0.39 is 0 Å². The third-order valence-electron chi connectivity index (χ3n) is 3.92. The summed E-state index contributed by atoms with van der Waals surface area (Å²) in [5, 5.41) is 3.54. The Morgan fingerprint density at radius 3 is 2.36 bits per heavy atom. The van der Waals surface area contributed by atoms with Crippen molar-refractivity contribution in [1.29, 1.82) is 0 Å². The maximum atomic E-state index is 12.4. The van der Waals surface area contributed by atoms with Gasteiger partial charge in [-0.2, -0.15) is 0 Å². The largest absolute Gasteiger partial charge is 0.382 e. The first kappa shape index (κ1) is 15.0. The Hall–Kier alpha value is -1.88. The number of aromatic nitrogens is 1. The van der Waals surface area contributed by atoms with Crippen molar-refractivity contribution in [3.8, 4) is 0 Å². The van der Waals surface area contributed by atoms with Crippen LogP contribution in [0.3, 0.4) is 0 Å². The van der Waals surface area contributed by atoms with Crippen molar-refractivity contribution in [2.45, 2.75) is 18.9 Å². The average molecular weight is 360 g/mol. The molecule has 0 aliphatic carbocycles. The Bertz CT molecular complexity index is 622. The van der Waals surface area contributed by atoms with Crippen LogP contribution in [0.5, 0.6) is 0 Å². The Morgan fingerprint density at radius 1 is 1.09 bits per heavy atom. The van der Waals surface area contributed by atoms with E-state index in [1.54, 1.807) is 24.5 Å². The number of nitrogens with zero attached hydrogens (tertiary/aromatic N) is 2. The number of likely N-dealkylation sites (tertiary alicyclic amines) is 1. The first-order valence-electron chi connectivity index (χ1n) is 7.44. The van der Waals surface area contributed by atoms with Crippen molar-refractivity contribution in [2.75, 3.05) is 18.4 Å². The molecule has 4 nitrogen and oxygen atoms in total. The highest BCUT2D eigenvalue weighted by molar-refractivity contribution is 9.10. The molecule has 5 heteroatoms. The zero-order valence-corrected chi connectivity index (χ0v) is 13.8. The monoisotopic (exact) mass is 359 g/mol. The summed E-state index contributed by atoms with van der Waals surface area (Å²) in [5.74, 6) is 0.101. The number of rotatable bonds is 3. The van der Waals surface area contributed by atoms with Crippen LogP contribution in [-0.4, -0.2) is 34.9 Å². The molecule has 1 aliphatic heterocycles. The molecule has 0 spiro atoms. The zero-order chi connectivity index (χ0) is 15.4. The fraction of sp³-hybridized carbons (Fsp3) is 0.294. The Kier molecular flexibility index (Phi) is 4.73. The van der Waals surface area contributed by atoms with Gasteiger partial charge in [0.1, 0.15) is 0 Å². The second kappa shape index (κ2) is 6.92. The summed E-state index contributed by atoms with van der Waals surface area (Å²) in [5.41, 5.74) is 1.84. The van der Waals surface area contributed by atoms with Crippen molar-refractivity contribution in [2.24, 2.45) is 0 Å². The van der Waals surface area contributed by atoms with E-state index >= 15 is 0 Å². The SMILES string of the molecule is O=C(c1ccncc1)N1CCC(Nc2ccc(Br)cc2)CC1. The van der Waals surface area contributed by atoms with E-state index in [1.165, 1.54) is 0 Å². The highest BCUT2D eigenvalue weighted by atomic mass is 79.9. The molecule has 1 aliphatic rings. The van der Waals surface area contributed by atoms with Gasteiger partial charge in [0, 0.05) is 47.2 Å². The minimum absolute atomic E-state index is 0.101. The van der Waals surface area contributed by atoms with Gasteiger partial charge in [0.15, 0.2) is 0 Å². The number of hydrogen-bond acceptors (Lipinski definition) is 3. The van der Waals surface area contributed by atoms with E-state index in [0.717, 1.165) is 36.1 Å². The molecule has 1 fully saturated rings. The molecule has 1 aromatic carbocycles. The van der Waals surface area contributed by atoms with E-state index in [1.807, 2.05) is 17.0 Å². The van der Waals surface area contributed by atoms with Crippen molar-refractivity contribution < 1.29 is 4.79 Å². The molecule has 1 aromatic heterocycles. The summed E-state index contributed by atoms with van der Waals surface area (Å²) >= 11 is 3.44. The molecule has 0 saturated carbocycles. The minimum atomic E-state index is 0.101. The highest BCUT2D eigenvalue weighted by Gasteiger charge is 2.23. The molecule has 3 rings (SSSR count). The highest BCUT2D eigenvalue weighted by Crippen LogP contribution is 2.20. The number of pyridine rings is 1. The second-order valence-electron chi connectivity index (χ2n) is 5.45. The van der Waals surface area contributed by atoms with Gasteiger partial charge < -0.3 is 10.2 Å². The Balaban J connectivity index is 1.54. The molecular weight excluding hydrogens is 342 g/mol. The first-order chi connectivity index (χ1) is 10.7. The lowest BCUT2D eigenvalue weighted by Gasteiger charge is -2.33. The van der Waals surface area contributed by atoms with Crippen LogP contribution in [0.2, 0.25) is 0 Å². The quantitative estimate of drug-likeness (QED) is 0.910. The first-order valence-corrected chi connectivity index (χ1v) is 8.23. The van der Waals surface area contributed by atoms with Gasteiger partial charge >= 0.3 is 0 Å². The van der Waals surface area contributed by atoms with E-state index in [4.69, 9.17) is 0 Å². The van der Waals surface area contributed by atoms with Crippen LogP contribution in [0.1, 0.15) is 23.2 Å². The van der Waals surface area contributed by atoms with E-state index in [-0.39, 0.29) is 5.91 Å². The molecule has 22 heavy (non-hydrogen) atoms. The summed E-state index contributed by atoms with van der Waals surface area (Å²) in [6.45, 7) is 1.57. The van der Waals surface area contributed by atoms with Crippen molar-refractivity contribution in [3.05, 3.63) is 58.8 Å². The molecule has 114 valence electrons. The van der Waals surface area contributed by atoms with Crippen LogP contribution in [-0.2, 0) is 0 Å². The van der Waals surface area contributed by atoms with Crippen LogP contribution in [0.15, 0.2) is 53.3 Å². The van der Waals surface area contributed by atoms with Gasteiger partial charge in [-0.15, -0.1) is 0 Å². The number of halogens is 1. The molecule has 0 bridgehead atoms. The maximum Gasteiger partial charge on any atom is 0.253 e. The third-order valence-corrected chi connectivity index (χ3v) is 4.45. The van der Waals surface area contributed by atoms with E-state index in [9.17, 15) is 4.79 Å². The molecule has 0 radical (unpaired) electrons. The fourth-order valence-electron chi connectivity index (χ4n) is 2.69. The van der Waals surface area contributed by atoms with E-state index in [2.05, 4.69) is 38.4 Å². The van der Waals surface area contributed by atoms with Gasteiger partial charge in [-0.05, 0) is 49.2 Å². The predicted octanol–water partition coefficient (Wildman–Crippen LogP) is 3.56. The lowest BCUT2D eigenvalue weighted by atomic mass is 10.0. The molecule has 0 atom stereocenters. The van der Waals surface area contributed by atoms with Crippen LogP contribution < -0.4 is 5.32 Å². The standard InChI is InChI=1S/C17H18BrN3O/c18-14-1-3-15(4-2-14)20-16-7-11-21(12-8-16)17(22)13-5-9-19-10-6-13/h1-6,9-10,16,20H,7-8,11-12H2. The molecule has 2 heterocycles. The second-order valence-corrected chi connectivity index (χ2v) is 6.37. The summed E-state index contributed by atoms with van der Waals surface area (Å²) in [7, 11) is 0. The van der Waals surface area contributed by atoms with Crippen LogP contribution in [0, 0.1) is 0 Å². The van der Waals surface area contributed by atoms with Crippen LogP contribution in [0.4, 0.5) is 5.69 Å². The summed E-state index contributed by atoms with van der Waals surface area (Å²) in [6, 6.07) is 12.2. The van der Waals surface area contributed by atoms with Crippen molar-refractivity contribution in [3.63, 3.8) is 0 Å². The molecule has 1 saturated heterocycles. The normalized spacial score (nSPS) is 15.6. The lowest BCUT2D eigenvalue weighted by molar-refractivity contribution is 0.0718. The van der Waals surface area contributed by atoms with Crippen molar-refractivity contribution >= 4 is 27.5 Å². The molecule has 0 unspecified atom stereocenters. The number of amides is 1. The third kappa shape index (κ3) is 3.65. The maximum absolute atomic E-state index is 12.4. The number of carbonyl (C=O) groups excluding carboxylic acids is 1. The van der Waals surface area contributed by atoms with Gasteiger partial charge in [0.05, 0.1) is 0 Å². The van der Waals surface area contributed by atoms with Gasteiger partial charge in [0.25, 0.3) is 5.91 Å². The number of hydrogen-bond donors (Lipinski definition) is 1. The molecule has 1 N–H and O–H groups in total. The summed E-state index contributed by atoms with van der Waals surface area (Å²) < 4.78 is 1.08. The van der Waals surface area contributed by atoms with Gasteiger partial charge in [-0.3, -0.25) is 9.78 Å². The van der Waals surface area contributed by atoms with Gasteiger partial charge in [-0.25, -0.2) is 0 Å². The zero-order valence-electron chi connectivity index (χ0n) is 12.2.